The molecule has 0 aliphatic heterocycles. The zero-order chi connectivity index (χ0) is 14.3. The largest absolute Gasteiger partial charge is 0.445 e. The lowest BCUT2D eigenvalue weighted by atomic mass is 9.99. The molecule has 1 rings (SSSR count). The number of amides is 1. The highest BCUT2D eigenvalue weighted by Crippen LogP contribution is 2.06. The van der Waals surface area contributed by atoms with Crippen molar-refractivity contribution in [2.75, 3.05) is 0 Å². The lowest BCUT2D eigenvalue weighted by Gasteiger charge is -2.16. The minimum Gasteiger partial charge on any atom is -0.445 e. The number of carbonyl (C=O) groups is 2. The SMILES string of the molecule is CCC(C)C(=O)C(C)NC(=O)OCc1ccccc1. The van der Waals surface area contributed by atoms with Crippen molar-refractivity contribution in [3.05, 3.63) is 35.9 Å². The molecule has 0 aliphatic carbocycles. The maximum Gasteiger partial charge on any atom is 0.408 e. The minimum atomic E-state index is -0.562. The summed E-state index contributed by atoms with van der Waals surface area (Å²) in [7, 11) is 0. The van der Waals surface area contributed by atoms with Crippen LogP contribution in [0.5, 0.6) is 0 Å². The van der Waals surface area contributed by atoms with Crippen LogP contribution in [-0.2, 0) is 16.1 Å². The maximum absolute atomic E-state index is 11.8. The van der Waals surface area contributed by atoms with Gasteiger partial charge in [-0.1, -0.05) is 44.2 Å². The van der Waals surface area contributed by atoms with Crippen molar-refractivity contribution in [3.63, 3.8) is 0 Å². The van der Waals surface area contributed by atoms with Crippen molar-refractivity contribution in [2.45, 2.75) is 39.8 Å². The third-order valence-corrected chi connectivity index (χ3v) is 3.07. The van der Waals surface area contributed by atoms with Gasteiger partial charge in [-0.05, 0) is 18.9 Å². The van der Waals surface area contributed by atoms with E-state index < -0.39 is 12.1 Å². The molecule has 4 nitrogen and oxygen atoms in total. The summed E-state index contributed by atoms with van der Waals surface area (Å²) in [6.45, 7) is 5.69. The minimum absolute atomic E-state index is 0.0270. The van der Waals surface area contributed by atoms with Crippen LogP contribution < -0.4 is 5.32 Å². The standard InChI is InChI=1S/C15H21NO3/c1-4-11(2)14(17)12(3)16-15(18)19-10-13-8-6-5-7-9-13/h5-9,11-12H,4,10H2,1-3H3,(H,16,18). The van der Waals surface area contributed by atoms with Crippen LogP contribution in [0.2, 0.25) is 0 Å². The number of Topliss-reactive ketones (excluding diaryl/α,β-unsaturated/α-hetero) is 1. The second-order valence-electron chi connectivity index (χ2n) is 4.64. The molecule has 1 amide bonds. The van der Waals surface area contributed by atoms with Gasteiger partial charge in [-0.2, -0.15) is 0 Å². The Bertz CT molecular complexity index is 417. The molecule has 2 unspecified atom stereocenters. The Kier molecular flexibility index (Phi) is 6.06. The van der Waals surface area contributed by atoms with Gasteiger partial charge in [0.2, 0.25) is 0 Å². The number of hydrogen-bond donors (Lipinski definition) is 1. The van der Waals surface area contributed by atoms with E-state index in [-0.39, 0.29) is 18.3 Å². The van der Waals surface area contributed by atoms with Crippen LogP contribution in [0.25, 0.3) is 0 Å². The summed E-state index contributed by atoms with van der Waals surface area (Å²) in [6, 6.07) is 8.90. The molecular formula is C15H21NO3. The fraction of sp³-hybridized carbons (Fsp3) is 0.467. The second-order valence-corrected chi connectivity index (χ2v) is 4.64. The van der Waals surface area contributed by atoms with Gasteiger partial charge in [0, 0.05) is 5.92 Å². The van der Waals surface area contributed by atoms with E-state index >= 15 is 0 Å². The summed E-state index contributed by atoms with van der Waals surface area (Å²) < 4.78 is 5.06. The van der Waals surface area contributed by atoms with E-state index in [4.69, 9.17) is 4.74 Å². The fourth-order valence-electron chi connectivity index (χ4n) is 1.64. The molecule has 0 fully saturated rings. The molecule has 0 aromatic heterocycles. The van der Waals surface area contributed by atoms with E-state index in [1.54, 1.807) is 6.92 Å². The summed E-state index contributed by atoms with van der Waals surface area (Å²) in [5.74, 6) is -0.0245. The smallest absolute Gasteiger partial charge is 0.408 e. The molecular weight excluding hydrogens is 242 g/mol. The molecule has 0 heterocycles. The number of ether oxygens (including phenoxy) is 1. The molecule has 0 radical (unpaired) electrons. The average molecular weight is 263 g/mol. The molecule has 0 saturated heterocycles. The topological polar surface area (TPSA) is 55.4 Å². The zero-order valence-corrected chi connectivity index (χ0v) is 11.7. The van der Waals surface area contributed by atoms with Gasteiger partial charge in [0.15, 0.2) is 5.78 Å². The quantitative estimate of drug-likeness (QED) is 0.858. The number of ketones is 1. The Hall–Kier alpha value is -1.84. The summed E-state index contributed by atoms with van der Waals surface area (Å²) in [4.78, 5) is 23.4. The molecule has 104 valence electrons. The lowest BCUT2D eigenvalue weighted by molar-refractivity contribution is -0.124. The predicted octanol–water partition coefficient (Wildman–Crippen LogP) is 2.92. The molecule has 1 aromatic rings. The van der Waals surface area contributed by atoms with E-state index in [9.17, 15) is 9.59 Å². The van der Waals surface area contributed by atoms with E-state index in [2.05, 4.69) is 5.32 Å². The van der Waals surface area contributed by atoms with E-state index in [1.807, 2.05) is 44.2 Å². The number of hydrogen-bond acceptors (Lipinski definition) is 3. The van der Waals surface area contributed by atoms with E-state index in [0.717, 1.165) is 12.0 Å². The van der Waals surface area contributed by atoms with Gasteiger partial charge in [-0.25, -0.2) is 4.79 Å². The lowest BCUT2D eigenvalue weighted by Crippen LogP contribution is -2.41. The van der Waals surface area contributed by atoms with Crippen LogP contribution in [0.1, 0.15) is 32.8 Å². The molecule has 0 bridgehead atoms. The summed E-state index contributed by atoms with van der Waals surface area (Å²) in [5, 5.41) is 2.55. The van der Waals surface area contributed by atoms with Gasteiger partial charge in [-0.15, -0.1) is 0 Å². The number of carbonyl (C=O) groups excluding carboxylic acids is 2. The highest BCUT2D eigenvalue weighted by atomic mass is 16.5. The third-order valence-electron chi connectivity index (χ3n) is 3.07. The Balaban J connectivity index is 2.37. The predicted molar refractivity (Wildman–Crippen MR) is 73.7 cm³/mol. The molecule has 4 heteroatoms. The molecule has 0 saturated carbocycles. The van der Waals surface area contributed by atoms with Gasteiger partial charge >= 0.3 is 6.09 Å². The normalized spacial score (nSPS) is 13.4. The van der Waals surface area contributed by atoms with Crippen LogP contribution in [0.15, 0.2) is 30.3 Å². The van der Waals surface area contributed by atoms with Crippen molar-refractivity contribution in [1.29, 1.82) is 0 Å². The van der Waals surface area contributed by atoms with Gasteiger partial charge in [0.05, 0.1) is 6.04 Å². The van der Waals surface area contributed by atoms with Gasteiger partial charge in [-0.3, -0.25) is 4.79 Å². The highest BCUT2D eigenvalue weighted by molar-refractivity contribution is 5.88. The number of benzene rings is 1. The van der Waals surface area contributed by atoms with Crippen LogP contribution in [-0.4, -0.2) is 17.9 Å². The van der Waals surface area contributed by atoms with Gasteiger partial charge < -0.3 is 10.1 Å². The molecule has 1 N–H and O–H groups in total. The molecule has 1 aromatic carbocycles. The third kappa shape index (κ3) is 5.12. The van der Waals surface area contributed by atoms with E-state index in [1.165, 1.54) is 0 Å². The van der Waals surface area contributed by atoms with Crippen LogP contribution in [0, 0.1) is 5.92 Å². The summed E-state index contributed by atoms with van der Waals surface area (Å²) >= 11 is 0. The van der Waals surface area contributed by atoms with Crippen molar-refractivity contribution in [3.8, 4) is 0 Å². The van der Waals surface area contributed by atoms with Crippen LogP contribution >= 0.6 is 0 Å². The molecule has 2 atom stereocenters. The van der Waals surface area contributed by atoms with Crippen molar-refractivity contribution in [1.82, 2.24) is 5.32 Å². The first-order chi connectivity index (χ1) is 9.04. The Labute approximate surface area is 114 Å². The first-order valence-corrected chi connectivity index (χ1v) is 6.55. The Morgan fingerprint density at radius 3 is 2.42 bits per heavy atom. The van der Waals surface area contributed by atoms with Gasteiger partial charge in [0.25, 0.3) is 0 Å². The first kappa shape index (κ1) is 15.2. The van der Waals surface area contributed by atoms with Gasteiger partial charge in [0.1, 0.15) is 6.61 Å². The number of nitrogens with one attached hydrogen (secondary N) is 1. The van der Waals surface area contributed by atoms with Crippen LogP contribution in [0.4, 0.5) is 4.79 Å². The average Bonchev–Trinajstić information content (AvgIpc) is 2.44. The fourth-order valence-corrected chi connectivity index (χ4v) is 1.64. The van der Waals surface area contributed by atoms with E-state index in [0.29, 0.717) is 0 Å². The molecule has 19 heavy (non-hydrogen) atoms. The number of alkyl carbamates (subject to hydrolysis) is 1. The van der Waals surface area contributed by atoms with Crippen molar-refractivity contribution < 1.29 is 14.3 Å². The zero-order valence-electron chi connectivity index (χ0n) is 11.7. The maximum atomic E-state index is 11.8. The van der Waals surface area contributed by atoms with Crippen molar-refractivity contribution in [2.24, 2.45) is 5.92 Å². The first-order valence-electron chi connectivity index (χ1n) is 6.55. The Morgan fingerprint density at radius 1 is 1.21 bits per heavy atom. The second kappa shape index (κ2) is 7.56. The highest BCUT2D eigenvalue weighted by Gasteiger charge is 2.20. The Morgan fingerprint density at radius 2 is 1.84 bits per heavy atom. The van der Waals surface area contributed by atoms with Crippen LogP contribution in [0.3, 0.4) is 0 Å². The van der Waals surface area contributed by atoms with Crippen molar-refractivity contribution >= 4 is 11.9 Å². The summed E-state index contributed by atoms with van der Waals surface area (Å²) in [6.07, 6.45) is 0.206. The monoisotopic (exact) mass is 263 g/mol. The summed E-state index contributed by atoms with van der Waals surface area (Å²) in [5.41, 5.74) is 0.915. The number of rotatable bonds is 6. The molecule has 0 spiro atoms. The molecule has 0 aliphatic rings.